The third kappa shape index (κ3) is 4.80. The molecule has 2 heterocycles. The van der Waals surface area contributed by atoms with Crippen LogP contribution in [0.2, 0.25) is 0 Å². The number of carbonyl (C=O) groups is 2. The number of thiophene rings is 1. The van der Waals surface area contributed by atoms with Crippen LogP contribution in [-0.4, -0.2) is 27.7 Å². The van der Waals surface area contributed by atoms with E-state index in [-0.39, 0.29) is 11.7 Å². The fourth-order valence-electron chi connectivity index (χ4n) is 2.29. The first-order valence-corrected chi connectivity index (χ1v) is 9.93. The van der Waals surface area contributed by atoms with E-state index in [0.29, 0.717) is 6.54 Å². The Bertz CT molecular complexity index is 912. The maximum absolute atomic E-state index is 12.0. The van der Waals surface area contributed by atoms with Gasteiger partial charge in [-0.2, -0.15) is 0 Å². The molecule has 0 unspecified atom stereocenters. The van der Waals surface area contributed by atoms with Gasteiger partial charge in [0.15, 0.2) is 0 Å². The molecule has 0 saturated heterocycles. The Labute approximate surface area is 159 Å². The molecule has 0 aliphatic carbocycles. The summed E-state index contributed by atoms with van der Waals surface area (Å²) in [5.74, 6) is -0.249. The van der Waals surface area contributed by atoms with Crippen LogP contribution in [0.3, 0.4) is 0 Å². The fraction of sp³-hybridized carbons (Fsp3) is 0.222. The molecule has 1 aromatic carbocycles. The van der Waals surface area contributed by atoms with Crippen LogP contribution >= 0.6 is 23.1 Å². The quantitative estimate of drug-likeness (QED) is 0.501. The Balaban J connectivity index is 1.51. The molecule has 134 valence electrons. The molecular formula is C18H18N4O2S2. The van der Waals surface area contributed by atoms with Crippen LogP contribution in [0.5, 0.6) is 0 Å². The Morgan fingerprint density at radius 1 is 1.19 bits per heavy atom. The highest BCUT2D eigenvalue weighted by molar-refractivity contribution is 8.00. The predicted molar refractivity (Wildman–Crippen MR) is 104 cm³/mol. The molecule has 0 aliphatic rings. The molecule has 2 N–H and O–H groups in total. The van der Waals surface area contributed by atoms with Gasteiger partial charge in [0.1, 0.15) is 16.2 Å². The number of carbonyl (C=O) groups excluding carboxylic acids is 2. The number of nitrogens with zero attached hydrogens (tertiary/aromatic N) is 2. The highest BCUT2D eigenvalue weighted by Crippen LogP contribution is 2.30. The number of aryl methyl sites for hydroxylation is 1. The number of hydrogen-bond acceptors (Lipinski definition) is 6. The number of thioether (sulfide) groups is 1. The molecule has 3 aromatic rings. The molecule has 2 aromatic heterocycles. The lowest BCUT2D eigenvalue weighted by Crippen LogP contribution is -2.39. The number of imide groups is 1. The molecule has 3 amide bonds. The Morgan fingerprint density at radius 3 is 2.77 bits per heavy atom. The third-order valence-corrected chi connectivity index (χ3v) is 5.77. The topological polar surface area (TPSA) is 84.0 Å². The van der Waals surface area contributed by atoms with Crippen LogP contribution in [0.4, 0.5) is 4.79 Å². The van der Waals surface area contributed by atoms with E-state index in [1.807, 2.05) is 30.3 Å². The number of rotatable bonds is 6. The van der Waals surface area contributed by atoms with E-state index >= 15 is 0 Å². The van der Waals surface area contributed by atoms with Crippen LogP contribution in [-0.2, 0) is 17.8 Å². The molecular weight excluding hydrogens is 368 g/mol. The van der Waals surface area contributed by atoms with E-state index in [1.165, 1.54) is 23.0 Å². The number of amides is 3. The summed E-state index contributed by atoms with van der Waals surface area (Å²) < 4.78 is 0. The lowest BCUT2D eigenvalue weighted by molar-refractivity contribution is -0.117. The van der Waals surface area contributed by atoms with E-state index in [4.69, 9.17) is 0 Å². The summed E-state index contributed by atoms with van der Waals surface area (Å²) in [7, 11) is 0. The van der Waals surface area contributed by atoms with Gasteiger partial charge in [0.05, 0.1) is 5.75 Å². The van der Waals surface area contributed by atoms with Crippen LogP contribution in [0.25, 0.3) is 10.2 Å². The van der Waals surface area contributed by atoms with Crippen LogP contribution in [0.15, 0.2) is 47.8 Å². The molecule has 0 atom stereocenters. The molecule has 3 rings (SSSR count). The molecule has 26 heavy (non-hydrogen) atoms. The van der Waals surface area contributed by atoms with Gasteiger partial charge >= 0.3 is 6.03 Å². The van der Waals surface area contributed by atoms with E-state index in [1.54, 1.807) is 11.3 Å². The third-order valence-electron chi connectivity index (χ3n) is 3.58. The lowest BCUT2D eigenvalue weighted by atomic mass is 10.2. The smallest absolute Gasteiger partial charge is 0.321 e. The number of nitrogens with one attached hydrogen (secondary N) is 2. The predicted octanol–water partition coefficient (Wildman–Crippen LogP) is 3.37. The second-order valence-corrected chi connectivity index (χ2v) is 7.55. The van der Waals surface area contributed by atoms with Crippen molar-refractivity contribution in [2.24, 2.45) is 0 Å². The molecule has 8 heteroatoms. The monoisotopic (exact) mass is 386 g/mol. The van der Waals surface area contributed by atoms with Crippen molar-refractivity contribution < 1.29 is 9.59 Å². The molecule has 0 bridgehead atoms. The molecule has 0 aliphatic heterocycles. The maximum atomic E-state index is 12.0. The van der Waals surface area contributed by atoms with Gasteiger partial charge in [0.25, 0.3) is 0 Å². The molecule has 0 spiro atoms. The van der Waals surface area contributed by atoms with Crippen LogP contribution in [0, 0.1) is 0 Å². The summed E-state index contributed by atoms with van der Waals surface area (Å²) in [5.41, 5.74) is 0.969. The van der Waals surface area contributed by atoms with Gasteiger partial charge in [-0.1, -0.05) is 49.0 Å². The zero-order valence-corrected chi connectivity index (χ0v) is 15.8. The summed E-state index contributed by atoms with van der Waals surface area (Å²) in [6.45, 7) is 2.46. The van der Waals surface area contributed by atoms with Crippen molar-refractivity contribution in [3.63, 3.8) is 0 Å². The minimum Gasteiger partial charge on any atom is -0.334 e. The fourth-order valence-corrected chi connectivity index (χ4v) is 4.06. The van der Waals surface area contributed by atoms with Gasteiger partial charge in [-0.15, -0.1) is 11.3 Å². The largest absolute Gasteiger partial charge is 0.334 e. The molecule has 0 saturated carbocycles. The summed E-state index contributed by atoms with van der Waals surface area (Å²) in [4.78, 5) is 34.5. The summed E-state index contributed by atoms with van der Waals surface area (Å²) in [5, 5.41) is 6.71. The van der Waals surface area contributed by atoms with Crippen molar-refractivity contribution in [2.45, 2.75) is 24.9 Å². The summed E-state index contributed by atoms with van der Waals surface area (Å²) in [6.07, 6.45) is 2.44. The minimum absolute atomic E-state index is 0.113. The van der Waals surface area contributed by atoms with Gasteiger partial charge < -0.3 is 5.32 Å². The number of benzene rings is 1. The highest BCUT2D eigenvalue weighted by Gasteiger charge is 2.12. The van der Waals surface area contributed by atoms with E-state index < -0.39 is 6.03 Å². The van der Waals surface area contributed by atoms with E-state index in [0.717, 1.165) is 27.2 Å². The lowest BCUT2D eigenvalue weighted by Gasteiger charge is -2.07. The first-order valence-electron chi connectivity index (χ1n) is 8.13. The van der Waals surface area contributed by atoms with Gasteiger partial charge in [0.2, 0.25) is 5.91 Å². The van der Waals surface area contributed by atoms with E-state index in [2.05, 4.69) is 33.6 Å². The van der Waals surface area contributed by atoms with Crippen molar-refractivity contribution in [1.29, 1.82) is 0 Å². The molecule has 6 nitrogen and oxygen atoms in total. The average Bonchev–Trinajstić information content (AvgIpc) is 3.09. The first kappa shape index (κ1) is 18.3. The number of hydrogen-bond donors (Lipinski definition) is 2. The van der Waals surface area contributed by atoms with Crippen molar-refractivity contribution in [3.8, 4) is 0 Å². The summed E-state index contributed by atoms with van der Waals surface area (Å²) >= 11 is 2.93. The Kier molecular flexibility index (Phi) is 6.19. The van der Waals surface area contributed by atoms with E-state index in [9.17, 15) is 9.59 Å². The Morgan fingerprint density at radius 2 is 2.00 bits per heavy atom. The molecule has 0 radical (unpaired) electrons. The van der Waals surface area contributed by atoms with Gasteiger partial charge in [-0.05, 0) is 18.1 Å². The second kappa shape index (κ2) is 8.77. The zero-order chi connectivity index (χ0) is 18.4. The normalized spacial score (nSPS) is 10.7. The SMILES string of the molecule is CCc1cc2c(SCC(=O)NC(=O)NCc3ccccc3)ncnc2s1. The van der Waals surface area contributed by atoms with Gasteiger partial charge in [-0.25, -0.2) is 14.8 Å². The average molecular weight is 387 g/mol. The van der Waals surface area contributed by atoms with Crippen LogP contribution in [0.1, 0.15) is 17.4 Å². The van der Waals surface area contributed by atoms with Gasteiger partial charge in [-0.3, -0.25) is 10.1 Å². The second-order valence-electron chi connectivity index (χ2n) is 5.47. The van der Waals surface area contributed by atoms with Crippen molar-refractivity contribution in [3.05, 3.63) is 53.2 Å². The van der Waals surface area contributed by atoms with Crippen molar-refractivity contribution >= 4 is 45.3 Å². The van der Waals surface area contributed by atoms with Crippen LogP contribution < -0.4 is 10.6 Å². The molecule has 0 fully saturated rings. The first-order chi connectivity index (χ1) is 12.7. The summed E-state index contributed by atoms with van der Waals surface area (Å²) in [6, 6.07) is 11.1. The van der Waals surface area contributed by atoms with Crippen molar-refractivity contribution in [2.75, 3.05) is 5.75 Å². The zero-order valence-electron chi connectivity index (χ0n) is 14.2. The van der Waals surface area contributed by atoms with Crippen molar-refractivity contribution in [1.82, 2.24) is 20.6 Å². The number of urea groups is 1. The van der Waals surface area contributed by atoms with Gasteiger partial charge in [0, 0.05) is 16.8 Å². The maximum Gasteiger partial charge on any atom is 0.321 e. The number of aromatic nitrogens is 2. The Hall–Kier alpha value is -2.45. The number of fused-ring (bicyclic) bond motifs is 1. The minimum atomic E-state index is -0.504. The highest BCUT2D eigenvalue weighted by atomic mass is 32.2. The standard InChI is InChI=1S/C18H18N4O2S2/c1-2-13-8-14-16(20-11-21-17(14)26-13)25-10-15(23)22-18(24)19-9-12-6-4-3-5-7-12/h3-8,11H,2,9-10H2,1H3,(H2,19,22,23,24).